The zero-order valence-electron chi connectivity index (χ0n) is 12.5. The molecule has 1 aliphatic heterocycles. The lowest BCUT2D eigenvalue weighted by molar-refractivity contribution is 0.130. The molecule has 5 heteroatoms. The van der Waals surface area contributed by atoms with Crippen LogP contribution in [0.1, 0.15) is 46.0 Å². The van der Waals surface area contributed by atoms with Gasteiger partial charge in [0.05, 0.1) is 0 Å². The van der Waals surface area contributed by atoms with Crippen LogP contribution in [-0.4, -0.2) is 50.3 Å². The predicted molar refractivity (Wildman–Crippen MR) is 92.5 cm³/mol. The van der Waals surface area contributed by atoms with Crippen LogP contribution in [0.2, 0.25) is 0 Å². The lowest BCUT2D eigenvalue weighted by Gasteiger charge is -2.20. The minimum Gasteiger partial charge on any atom is -0.381 e. The molecule has 114 valence electrons. The summed E-state index contributed by atoms with van der Waals surface area (Å²) >= 11 is 0. The van der Waals surface area contributed by atoms with Crippen molar-refractivity contribution in [2.45, 2.75) is 46.0 Å². The molecular formula is C14H30IN3O. The highest BCUT2D eigenvalue weighted by molar-refractivity contribution is 14.0. The average Bonchev–Trinajstić information content (AvgIpc) is 2.90. The first-order valence-electron chi connectivity index (χ1n) is 7.49. The molecule has 0 atom stereocenters. The van der Waals surface area contributed by atoms with Crippen molar-refractivity contribution in [3.63, 3.8) is 0 Å². The van der Waals surface area contributed by atoms with E-state index < -0.39 is 0 Å². The second kappa shape index (κ2) is 13.0. The molecule has 0 saturated carbocycles. The first kappa shape index (κ1) is 19.0. The number of aliphatic imine (C=N–C) groups is 1. The summed E-state index contributed by atoms with van der Waals surface area (Å²) in [4.78, 5) is 7.03. The van der Waals surface area contributed by atoms with Gasteiger partial charge in [-0.1, -0.05) is 13.3 Å². The standard InChI is InChI=1S/C14H29N3O.HI/c1-3-5-12-18-13-8-9-16-14(15-4-2)17-10-6-7-11-17;/h3-13H2,1-2H3,(H,15,16);1H. The molecule has 1 rings (SSSR count). The van der Waals surface area contributed by atoms with Gasteiger partial charge in [-0.2, -0.15) is 0 Å². The number of hydrogen-bond acceptors (Lipinski definition) is 2. The molecule has 0 bridgehead atoms. The van der Waals surface area contributed by atoms with Crippen molar-refractivity contribution in [1.82, 2.24) is 10.2 Å². The van der Waals surface area contributed by atoms with Crippen LogP contribution in [0.3, 0.4) is 0 Å². The van der Waals surface area contributed by atoms with Gasteiger partial charge in [-0.25, -0.2) is 0 Å². The smallest absolute Gasteiger partial charge is 0.193 e. The quantitative estimate of drug-likeness (QED) is 0.303. The average molecular weight is 383 g/mol. The van der Waals surface area contributed by atoms with E-state index in [1.54, 1.807) is 0 Å². The molecule has 0 aromatic carbocycles. The molecule has 1 fully saturated rings. The maximum atomic E-state index is 5.54. The number of rotatable bonds is 8. The zero-order valence-corrected chi connectivity index (χ0v) is 14.8. The Kier molecular flexibility index (Phi) is 12.9. The lowest BCUT2D eigenvalue weighted by Crippen LogP contribution is -2.39. The molecule has 19 heavy (non-hydrogen) atoms. The van der Waals surface area contributed by atoms with Crippen LogP contribution in [0.15, 0.2) is 4.99 Å². The van der Waals surface area contributed by atoms with Crippen molar-refractivity contribution < 1.29 is 4.74 Å². The lowest BCUT2D eigenvalue weighted by atomic mass is 10.4. The molecule has 0 radical (unpaired) electrons. The van der Waals surface area contributed by atoms with E-state index in [0.717, 1.165) is 51.8 Å². The molecule has 0 unspecified atom stereocenters. The van der Waals surface area contributed by atoms with Crippen molar-refractivity contribution in [3.8, 4) is 0 Å². The van der Waals surface area contributed by atoms with Gasteiger partial charge in [0, 0.05) is 39.4 Å². The third kappa shape index (κ3) is 8.68. The summed E-state index contributed by atoms with van der Waals surface area (Å²) in [7, 11) is 0. The molecule has 1 heterocycles. The summed E-state index contributed by atoms with van der Waals surface area (Å²) in [5.74, 6) is 1.09. The van der Waals surface area contributed by atoms with Crippen LogP contribution < -0.4 is 5.32 Å². The molecule has 0 aliphatic carbocycles. The first-order chi connectivity index (χ1) is 8.88. The van der Waals surface area contributed by atoms with Crippen molar-refractivity contribution in [2.75, 3.05) is 39.4 Å². The van der Waals surface area contributed by atoms with Crippen molar-refractivity contribution >= 4 is 29.9 Å². The Morgan fingerprint density at radius 3 is 2.47 bits per heavy atom. The van der Waals surface area contributed by atoms with Gasteiger partial charge in [-0.05, 0) is 32.6 Å². The number of halogens is 1. The van der Waals surface area contributed by atoms with Crippen molar-refractivity contribution in [1.29, 1.82) is 0 Å². The van der Waals surface area contributed by atoms with Crippen molar-refractivity contribution in [3.05, 3.63) is 0 Å². The minimum atomic E-state index is 0. The number of nitrogens with zero attached hydrogens (tertiary/aromatic N) is 2. The number of ether oxygens (including phenoxy) is 1. The summed E-state index contributed by atoms with van der Waals surface area (Å²) in [6.07, 6.45) is 5.99. The van der Waals surface area contributed by atoms with E-state index in [-0.39, 0.29) is 24.0 Å². The third-order valence-electron chi connectivity index (χ3n) is 3.09. The Morgan fingerprint density at radius 1 is 1.16 bits per heavy atom. The van der Waals surface area contributed by atoms with Crippen LogP contribution in [-0.2, 0) is 4.74 Å². The fourth-order valence-corrected chi connectivity index (χ4v) is 2.05. The van der Waals surface area contributed by atoms with Gasteiger partial charge < -0.3 is 15.0 Å². The fraction of sp³-hybridized carbons (Fsp3) is 0.929. The SMILES string of the molecule is CCCCOCCCN=C(NCC)N1CCCC1.I. The fourth-order valence-electron chi connectivity index (χ4n) is 2.05. The molecule has 0 amide bonds. The Labute approximate surface area is 135 Å². The maximum absolute atomic E-state index is 5.54. The van der Waals surface area contributed by atoms with E-state index in [4.69, 9.17) is 4.74 Å². The molecule has 0 aromatic rings. The molecule has 1 saturated heterocycles. The van der Waals surface area contributed by atoms with Crippen LogP contribution >= 0.6 is 24.0 Å². The van der Waals surface area contributed by atoms with Gasteiger partial charge in [0.1, 0.15) is 0 Å². The Bertz CT molecular complexity index is 231. The van der Waals surface area contributed by atoms with Gasteiger partial charge in [0.15, 0.2) is 5.96 Å². The van der Waals surface area contributed by atoms with Gasteiger partial charge in [0.2, 0.25) is 0 Å². The zero-order chi connectivity index (χ0) is 13.1. The highest BCUT2D eigenvalue weighted by Gasteiger charge is 2.14. The van der Waals surface area contributed by atoms with E-state index in [2.05, 4.69) is 29.1 Å². The van der Waals surface area contributed by atoms with Gasteiger partial charge in [0.25, 0.3) is 0 Å². The van der Waals surface area contributed by atoms with Gasteiger partial charge >= 0.3 is 0 Å². The molecule has 0 spiro atoms. The minimum absolute atomic E-state index is 0. The Balaban J connectivity index is 0.00000324. The molecule has 4 nitrogen and oxygen atoms in total. The Hall–Kier alpha value is -0.0400. The van der Waals surface area contributed by atoms with Crippen LogP contribution in [0.5, 0.6) is 0 Å². The second-order valence-electron chi connectivity index (χ2n) is 4.75. The number of unbranched alkanes of at least 4 members (excludes halogenated alkanes) is 1. The van der Waals surface area contributed by atoms with Crippen LogP contribution in [0.4, 0.5) is 0 Å². The summed E-state index contributed by atoms with van der Waals surface area (Å²) in [6, 6.07) is 0. The Morgan fingerprint density at radius 2 is 1.84 bits per heavy atom. The van der Waals surface area contributed by atoms with Gasteiger partial charge in [-0.15, -0.1) is 24.0 Å². The van der Waals surface area contributed by atoms with E-state index >= 15 is 0 Å². The summed E-state index contributed by atoms with van der Waals surface area (Å²) < 4.78 is 5.54. The van der Waals surface area contributed by atoms with E-state index in [1.807, 2.05) is 0 Å². The number of hydrogen-bond donors (Lipinski definition) is 1. The van der Waals surface area contributed by atoms with Gasteiger partial charge in [-0.3, -0.25) is 4.99 Å². The van der Waals surface area contributed by atoms with Crippen LogP contribution in [0, 0.1) is 0 Å². The van der Waals surface area contributed by atoms with E-state index in [0.29, 0.717) is 0 Å². The number of likely N-dealkylation sites (tertiary alicyclic amines) is 1. The summed E-state index contributed by atoms with van der Waals surface area (Å²) in [5, 5.41) is 3.37. The van der Waals surface area contributed by atoms with Crippen molar-refractivity contribution in [2.24, 2.45) is 4.99 Å². The molecule has 1 aliphatic rings. The highest BCUT2D eigenvalue weighted by Crippen LogP contribution is 2.07. The maximum Gasteiger partial charge on any atom is 0.193 e. The molecular weight excluding hydrogens is 353 g/mol. The largest absolute Gasteiger partial charge is 0.381 e. The van der Waals surface area contributed by atoms with E-state index in [1.165, 1.54) is 25.7 Å². The highest BCUT2D eigenvalue weighted by atomic mass is 127. The predicted octanol–water partition coefficient (Wildman–Crippen LogP) is 2.87. The van der Waals surface area contributed by atoms with Crippen LogP contribution in [0.25, 0.3) is 0 Å². The number of nitrogens with one attached hydrogen (secondary N) is 1. The topological polar surface area (TPSA) is 36.9 Å². The summed E-state index contributed by atoms with van der Waals surface area (Å²) in [5.41, 5.74) is 0. The normalized spacial score (nSPS) is 15.5. The number of guanidine groups is 1. The summed E-state index contributed by atoms with van der Waals surface area (Å²) in [6.45, 7) is 10.2. The third-order valence-corrected chi connectivity index (χ3v) is 3.09. The first-order valence-corrected chi connectivity index (χ1v) is 7.49. The van der Waals surface area contributed by atoms with E-state index in [9.17, 15) is 0 Å². The molecule has 0 aromatic heterocycles. The molecule has 1 N–H and O–H groups in total. The second-order valence-corrected chi connectivity index (χ2v) is 4.75. The monoisotopic (exact) mass is 383 g/mol.